The van der Waals surface area contributed by atoms with E-state index in [1.54, 1.807) is 0 Å². The fourth-order valence-electron chi connectivity index (χ4n) is 8.50. The maximum atomic E-state index is 12.9. The first-order valence-electron chi connectivity index (χ1n) is 29.2. The molecule has 0 bridgehead atoms. The summed E-state index contributed by atoms with van der Waals surface area (Å²) in [6.45, 7) is 7.83. The number of hydrogen-bond acceptors (Lipinski definition) is 5. The van der Waals surface area contributed by atoms with Gasteiger partial charge in [0.15, 0.2) is 6.10 Å². The van der Waals surface area contributed by atoms with Crippen molar-refractivity contribution in [2.24, 2.45) is 0 Å². The highest BCUT2D eigenvalue weighted by Crippen LogP contribution is 2.16. The summed E-state index contributed by atoms with van der Waals surface area (Å²) in [6, 6.07) is 0. The van der Waals surface area contributed by atoms with Crippen molar-refractivity contribution in [3.8, 4) is 0 Å². The Labute approximate surface area is 412 Å². The Balaban J connectivity index is 4.30. The highest BCUT2D eigenvalue weighted by atomic mass is 16.6. The number of allylic oxidation sites excluding steroid dienone is 8. The van der Waals surface area contributed by atoms with Crippen molar-refractivity contribution < 1.29 is 23.8 Å². The van der Waals surface area contributed by atoms with E-state index in [0.29, 0.717) is 19.4 Å². The summed E-state index contributed by atoms with van der Waals surface area (Å²) in [4.78, 5) is 25.5. The number of hydrogen-bond donors (Lipinski definition) is 0. The van der Waals surface area contributed by atoms with E-state index in [1.165, 1.54) is 199 Å². The summed E-state index contributed by atoms with van der Waals surface area (Å²) in [6.07, 6.45) is 71.3. The number of esters is 2. The molecule has 0 fully saturated rings. The van der Waals surface area contributed by atoms with E-state index in [9.17, 15) is 9.59 Å². The zero-order chi connectivity index (χ0) is 47.7. The molecule has 0 aliphatic heterocycles. The van der Waals surface area contributed by atoms with E-state index in [0.717, 1.165) is 70.6 Å². The Morgan fingerprint density at radius 2 is 0.636 bits per heavy atom. The Kier molecular flexibility index (Phi) is 55.3. The number of ether oxygens (including phenoxy) is 3. The maximum Gasteiger partial charge on any atom is 0.306 e. The number of rotatable bonds is 54. The van der Waals surface area contributed by atoms with Gasteiger partial charge in [0.2, 0.25) is 0 Å². The second kappa shape index (κ2) is 57.2. The Morgan fingerprint density at radius 1 is 0.333 bits per heavy atom. The third-order valence-corrected chi connectivity index (χ3v) is 12.9. The SMILES string of the molecule is CCCCC/C=C\C/C=C\C/C=C\C/C=C\CCCCCC(=O)O[C@H](COCCCCCCCCCCCCCCCCCC)COC(=O)CCCCCCCCCCCCCCCCC. The molecule has 0 amide bonds. The van der Waals surface area contributed by atoms with Crippen LogP contribution in [0.3, 0.4) is 0 Å². The number of carbonyl (C=O) groups is 2. The highest BCUT2D eigenvalue weighted by molar-refractivity contribution is 5.70. The van der Waals surface area contributed by atoms with Gasteiger partial charge in [-0.1, -0.05) is 275 Å². The molecule has 66 heavy (non-hydrogen) atoms. The van der Waals surface area contributed by atoms with E-state index in [-0.39, 0.29) is 25.2 Å². The van der Waals surface area contributed by atoms with Crippen molar-refractivity contribution in [1.29, 1.82) is 0 Å². The summed E-state index contributed by atoms with van der Waals surface area (Å²) in [5.41, 5.74) is 0. The quantitative estimate of drug-likeness (QED) is 0.0345. The topological polar surface area (TPSA) is 61.8 Å². The van der Waals surface area contributed by atoms with Crippen LogP contribution < -0.4 is 0 Å². The van der Waals surface area contributed by atoms with E-state index in [2.05, 4.69) is 69.4 Å². The van der Waals surface area contributed by atoms with Crippen LogP contribution in [0.5, 0.6) is 0 Å². The van der Waals surface area contributed by atoms with Crippen LogP contribution in [-0.2, 0) is 23.8 Å². The summed E-state index contributed by atoms with van der Waals surface area (Å²) in [5.74, 6) is -0.414. The lowest BCUT2D eigenvalue weighted by molar-refractivity contribution is -0.163. The fourth-order valence-corrected chi connectivity index (χ4v) is 8.50. The zero-order valence-corrected chi connectivity index (χ0v) is 44.5. The molecule has 0 aliphatic carbocycles. The molecular weight excluding hydrogens is 813 g/mol. The van der Waals surface area contributed by atoms with Gasteiger partial charge in [-0.25, -0.2) is 0 Å². The Morgan fingerprint density at radius 3 is 1.05 bits per heavy atom. The van der Waals surface area contributed by atoms with Crippen molar-refractivity contribution in [2.45, 2.75) is 309 Å². The van der Waals surface area contributed by atoms with Crippen LogP contribution in [0, 0.1) is 0 Å². The second-order valence-electron chi connectivity index (χ2n) is 19.6. The largest absolute Gasteiger partial charge is 0.462 e. The van der Waals surface area contributed by atoms with Crippen molar-refractivity contribution in [3.05, 3.63) is 48.6 Å². The third kappa shape index (κ3) is 54.5. The molecule has 386 valence electrons. The van der Waals surface area contributed by atoms with Crippen LogP contribution in [0.25, 0.3) is 0 Å². The van der Waals surface area contributed by atoms with E-state index in [1.807, 2.05) is 0 Å². The summed E-state index contributed by atoms with van der Waals surface area (Å²) >= 11 is 0. The average Bonchev–Trinajstić information content (AvgIpc) is 3.32. The van der Waals surface area contributed by atoms with Gasteiger partial charge in [-0.2, -0.15) is 0 Å². The molecule has 0 rings (SSSR count). The molecule has 0 unspecified atom stereocenters. The minimum atomic E-state index is -0.549. The van der Waals surface area contributed by atoms with E-state index < -0.39 is 6.10 Å². The summed E-state index contributed by atoms with van der Waals surface area (Å²) in [7, 11) is 0. The molecule has 0 aliphatic rings. The van der Waals surface area contributed by atoms with Gasteiger partial charge in [0.1, 0.15) is 6.61 Å². The van der Waals surface area contributed by atoms with Gasteiger partial charge in [0, 0.05) is 19.4 Å². The van der Waals surface area contributed by atoms with Crippen LogP contribution in [0.4, 0.5) is 0 Å². The molecule has 0 saturated heterocycles. The molecule has 0 aromatic rings. The molecular formula is C61H112O5. The molecule has 0 heterocycles. The van der Waals surface area contributed by atoms with Gasteiger partial charge in [-0.3, -0.25) is 9.59 Å². The molecule has 0 radical (unpaired) electrons. The van der Waals surface area contributed by atoms with Crippen molar-refractivity contribution in [3.63, 3.8) is 0 Å². The van der Waals surface area contributed by atoms with Gasteiger partial charge in [0.25, 0.3) is 0 Å². The molecule has 5 heteroatoms. The first kappa shape index (κ1) is 63.9. The lowest BCUT2D eigenvalue weighted by Crippen LogP contribution is -2.30. The molecule has 5 nitrogen and oxygen atoms in total. The van der Waals surface area contributed by atoms with Crippen molar-refractivity contribution in [1.82, 2.24) is 0 Å². The lowest BCUT2D eigenvalue weighted by atomic mass is 10.0. The molecule has 0 N–H and O–H groups in total. The van der Waals surface area contributed by atoms with Gasteiger partial charge >= 0.3 is 11.9 Å². The van der Waals surface area contributed by atoms with Gasteiger partial charge in [0.05, 0.1) is 6.61 Å². The molecule has 0 spiro atoms. The second-order valence-corrected chi connectivity index (χ2v) is 19.6. The Hall–Kier alpha value is -2.14. The fraction of sp³-hybridized carbons (Fsp3) is 0.836. The highest BCUT2D eigenvalue weighted by Gasteiger charge is 2.17. The van der Waals surface area contributed by atoms with Crippen LogP contribution in [0.1, 0.15) is 303 Å². The third-order valence-electron chi connectivity index (χ3n) is 12.9. The van der Waals surface area contributed by atoms with Gasteiger partial charge < -0.3 is 14.2 Å². The maximum absolute atomic E-state index is 12.9. The van der Waals surface area contributed by atoms with Gasteiger partial charge in [-0.15, -0.1) is 0 Å². The molecule has 0 aromatic heterocycles. The number of carbonyl (C=O) groups excluding carboxylic acids is 2. The van der Waals surface area contributed by atoms with Crippen LogP contribution in [-0.4, -0.2) is 37.9 Å². The van der Waals surface area contributed by atoms with Crippen molar-refractivity contribution in [2.75, 3.05) is 19.8 Å². The van der Waals surface area contributed by atoms with E-state index >= 15 is 0 Å². The number of unbranched alkanes of at least 4 members (excludes halogenated alkanes) is 35. The first-order chi connectivity index (χ1) is 32.6. The predicted octanol–water partition coefficient (Wildman–Crippen LogP) is 19.9. The Bertz CT molecular complexity index is 1090. The molecule has 0 aromatic carbocycles. The van der Waals surface area contributed by atoms with Gasteiger partial charge in [-0.05, 0) is 64.2 Å². The first-order valence-corrected chi connectivity index (χ1v) is 29.2. The summed E-state index contributed by atoms with van der Waals surface area (Å²) < 4.78 is 17.5. The monoisotopic (exact) mass is 925 g/mol. The van der Waals surface area contributed by atoms with Crippen LogP contribution >= 0.6 is 0 Å². The minimum Gasteiger partial charge on any atom is -0.462 e. The van der Waals surface area contributed by atoms with Crippen molar-refractivity contribution >= 4 is 11.9 Å². The molecule has 0 saturated carbocycles. The smallest absolute Gasteiger partial charge is 0.306 e. The molecule has 1 atom stereocenters. The average molecular weight is 926 g/mol. The van der Waals surface area contributed by atoms with Crippen LogP contribution in [0.2, 0.25) is 0 Å². The van der Waals surface area contributed by atoms with Crippen LogP contribution in [0.15, 0.2) is 48.6 Å². The van der Waals surface area contributed by atoms with E-state index in [4.69, 9.17) is 14.2 Å². The predicted molar refractivity (Wildman–Crippen MR) is 288 cm³/mol. The zero-order valence-electron chi connectivity index (χ0n) is 44.5. The summed E-state index contributed by atoms with van der Waals surface area (Å²) in [5, 5.41) is 0. The normalized spacial score (nSPS) is 12.5. The minimum absolute atomic E-state index is 0.0777. The lowest BCUT2D eigenvalue weighted by Gasteiger charge is -2.18. The standard InChI is InChI=1S/C61H112O5/c1-4-7-10-13-16-19-22-25-28-30-31-32-34-37-40-43-46-49-52-55-61(63)66-59(57-64-56-53-50-47-44-41-38-35-29-26-23-20-17-14-11-8-5-2)58-65-60(62)54-51-48-45-42-39-36-33-27-24-21-18-15-12-9-6-3/h16,19,25,28,31-32,37,40,59H,4-15,17-18,20-24,26-27,29-30,33-36,38-39,41-58H2,1-3H3/b19-16-,28-25-,32-31-,40-37-/t59-/m1/s1.